The van der Waals surface area contributed by atoms with Crippen LogP contribution in [0.4, 0.5) is 0 Å². The molecule has 1 aliphatic heterocycles. The number of nitrogens with zero attached hydrogens (tertiary/aromatic N) is 1. The molecule has 0 bridgehead atoms. The second kappa shape index (κ2) is 5.10. The van der Waals surface area contributed by atoms with Crippen LogP contribution in [0.25, 0.3) is 0 Å². The Balaban J connectivity index is 2.42. The summed E-state index contributed by atoms with van der Waals surface area (Å²) in [7, 11) is 1.63. The number of likely N-dealkylation sites (N-methyl/N-ethyl adjacent to an activating group) is 1. The fraction of sp³-hybridized carbons (Fsp3) is 0.800. The summed E-state index contributed by atoms with van der Waals surface area (Å²) >= 11 is 0. The summed E-state index contributed by atoms with van der Waals surface area (Å²) in [6.45, 7) is 3.90. The Morgan fingerprint density at radius 2 is 2.36 bits per heavy atom. The van der Waals surface area contributed by atoms with Gasteiger partial charge in [0.2, 0.25) is 5.91 Å². The molecule has 1 heterocycles. The summed E-state index contributed by atoms with van der Waals surface area (Å²) in [6.07, 6.45) is 1.47. The van der Waals surface area contributed by atoms with Crippen LogP contribution in [0.15, 0.2) is 0 Å². The molecule has 0 saturated carbocycles. The highest BCUT2D eigenvalue weighted by Crippen LogP contribution is 2.15. The Morgan fingerprint density at radius 1 is 1.64 bits per heavy atom. The number of amides is 1. The van der Waals surface area contributed by atoms with Gasteiger partial charge in [0.15, 0.2) is 0 Å². The predicted molar refractivity (Wildman–Crippen MR) is 53.9 cm³/mol. The molecule has 0 aromatic heterocycles. The molecule has 1 unspecified atom stereocenters. The Bertz CT molecular complexity index is 228. The van der Waals surface area contributed by atoms with Crippen LogP contribution >= 0.6 is 0 Å². The van der Waals surface area contributed by atoms with Gasteiger partial charge in [0, 0.05) is 32.5 Å². The number of carbonyl (C=O) groups excluding carboxylic acids is 2. The van der Waals surface area contributed by atoms with Crippen LogP contribution in [0.5, 0.6) is 0 Å². The van der Waals surface area contributed by atoms with Crippen molar-refractivity contribution >= 4 is 11.7 Å². The second-order valence-corrected chi connectivity index (χ2v) is 3.73. The van der Waals surface area contributed by atoms with Crippen molar-refractivity contribution in [3.63, 3.8) is 0 Å². The van der Waals surface area contributed by atoms with Crippen LogP contribution < -0.4 is 5.32 Å². The van der Waals surface area contributed by atoms with Gasteiger partial charge in [-0.3, -0.25) is 14.5 Å². The Labute approximate surface area is 84.7 Å². The Hall–Kier alpha value is -0.900. The van der Waals surface area contributed by atoms with Crippen LogP contribution in [0.1, 0.15) is 19.8 Å². The molecule has 1 aliphatic rings. The second-order valence-electron chi connectivity index (χ2n) is 3.73. The van der Waals surface area contributed by atoms with Gasteiger partial charge in [0.05, 0.1) is 6.54 Å². The maximum Gasteiger partial charge on any atom is 0.233 e. The SMILES string of the molecule is CCC1CN(CC(=O)NC)CCC1=O. The summed E-state index contributed by atoms with van der Waals surface area (Å²) in [6, 6.07) is 0. The number of hydrogen-bond donors (Lipinski definition) is 1. The molecule has 4 heteroatoms. The number of nitrogens with one attached hydrogen (secondary N) is 1. The number of rotatable bonds is 3. The molecule has 4 nitrogen and oxygen atoms in total. The average Bonchev–Trinajstić information content (AvgIpc) is 2.20. The van der Waals surface area contributed by atoms with E-state index in [9.17, 15) is 9.59 Å². The summed E-state index contributed by atoms with van der Waals surface area (Å²) in [5.41, 5.74) is 0. The molecule has 1 amide bonds. The smallest absolute Gasteiger partial charge is 0.233 e. The van der Waals surface area contributed by atoms with E-state index in [0.717, 1.165) is 19.5 Å². The largest absolute Gasteiger partial charge is 0.358 e. The number of hydrogen-bond acceptors (Lipinski definition) is 3. The first kappa shape index (κ1) is 11.2. The van der Waals surface area contributed by atoms with Crippen molar-refractivity contribution in [2.45, 2.75) is 19.8 Å². The normalized spacial score (nSPS) is 23.6. The first-order valence-electron chi connectivity index (χ1n) is 5.13. The van der Waals surface area contributed by atoms with E-state index in [1.165, 1.54) is 0 Å². The van der Waals surface area contributed by atoms with Crippen LogP contribution in [0.3, 0.4) is 0 Å². The van der Waals surface area contributed by atoms with Crippen LogP contribution in [0.2, 0.25) is 0 Å². The molecule has 1 N–H and O–H groups in total. The summed E-state index contributed by atoms with van der Waals surface area (Å²) < 4.78 is 0. The number of ketones is 1. The topological polar surface area (TPSA) is 49.4 Å². The van der Waals surface area contributed by atoms with Gasteiger partial charge in [-0.05, 0) is 6.42 Å². The maximum atomic E-state index is 11.4. The molecule has 1 rings (SSSR count). The third-order valence-corrected chi connectivity index (χ3v) is 2.75. The monoisotopic (exact) mass is 198 g/mol. The molecule has 80 valence electrons. The third kappa shape index (κ3) is 2.80. The third-order valence-electron chi connectivity index (χ3n) is 2.75. The summed E-state index contributed by atoms with van der Waals surface area (Å²) in [5, 5.41) is 2.59. The predicted octanol–water partition coefficient (Wildman–Crippen LogP) is 0.0334. The van der Waals surface area contributed by atoms with Gasteiger partial charge in [0.1, 0.15) is 5.78 Å². The average molecular weight is 198 g/mol. The van der Waals surface area contributed by atoms with Crippen molar-refractivity contribution in [3.8, 4) is 0 Å². The fourth-order valence-corrected chi connectivity index (χ4v) is 1.76. The van der Waals surface area contributed by atoms with Crippen LogP contribution in [0, 0.1) is 5.92 Å². The molecule has 1 fully saturated rings. The fourth-order valence-electron chi connectivity index (χ4n) is 1.76. The minimum Gasteiger partial charge on any atom is -0.358 e. The zero-order chi connectivity index (χ0) is 10.6. The molecule has 0 aromatic carbocycles. The maximum absolute atomic E-state index is 11.4. The van der Waals surface area contributed by atoms with Crippen molar-refractivity contribution in [3.05, 3.63) is 0 Å². The van der Waals surface area contributed by atoms with Crippen LogP contribution in [-0.2, 0) is 9.59 Å². The highest BCUT2D eigenvalue weighted by molar-refractivity contribution is 5.83. The molecule has 0 aromatic rings. The van der Waals surface area contributed by atoms with Gasteiger partial charge in [-0.1, -0.05) is 6.92 Å². The van der Waals surface area contributed by atoms with Crippen LogP contribution in [-0.4, -0.2) is 43.3 Å². The molecule has 1 saturated heterocycles. The molecule has 0 aliphatic carbocycles. The lowest BCUT2D eigenvalue weighted by Crippen LogP contribution is -2.44. The molecule has 0 radical (unpaired) electrons. The zero-order valence-corrected chi connectivity index (χ0v) is 8.88. The lowest BCUT2D eigenvalue weighted by Gasteiger charge is -2.30. The Kier molecular flexibility index (Phi) is 4.07. The Morgan fingerprint density at radius 3 is 2.93 bits per heavy atom. The summed E-state index contributed by atoms with van der Waals surface area (Å²) in [5.74, 6) is 0.503. The van der Waals surface area contributed by atoms with Gasteiger partial charge >= 0.3 is 0 Å². The van der Waals surface area contributed by atoms with E-state index >= 15 is 0 Å². The highest BCUT2D eigenvalue weighted by Gasteiger charge is 2.26. The number of likely N-dealkylation sites (tertiary alicyclic amines) is 1. The van der Waals surface area contributed by atoms with Gasteiger partial charge in [-0.2, -0.15) is 0 Å². The molecule has 0 spiro atoms. The quantitative estimate of drug-likeness (QED) is 0.696. The van der Waals surface area contributed by atoms with Gasteiger partial charge in [-0.15, -0.1) is 0 Å². The number of piperidine rings is 1. The van der Waals surface area contributed by atoms with Gasteiger partial charge < -0.3 is 5.32 Å². The molecule has 1 atom stereocenters. The van der Waals surface area contributed by atoms with Crippen molar-refractivity contribution in [2.24, 2.45) is 5.92 Å². The van der Waals surface area contributed by atoms with E-state index in [0.29, 0.717) is 18.7 Å². The van der Waals surface area contributed by atoms with Crippen molar-refractivity contribution in [1.29, 1.82) is 0 Å². The highest BCUT2D eigenvalue weighted by atomic mass is 16.2. The molecule has 14 heavy (non-hydrogen) atoms. The van der Waals surface area contributed by atoms with E-state index in [1.807, 2.05) is 6.92 Å². The zero-order valence-electron chi connectivity index (χ0n) is 8.88. The van der Waals surface area contributed by atoms with E-state index in [1.54, 1.807) is 7.05 Å². The standard InChI is InChI=1S/C10H18N2O2/c1-3-8-6-12(5-4-9(8)13)7-10(14)11-2/h8H,3-7H2,1-2H3,(H,11,14). The van der Waals surface area contributed by atoms with Crippen molar-refractivity contribution < 1.29 is 9.59 Å². The lowest BCUT2D eigenvalue weighted by molar-refractivity contribution is -0.129. The lowest BCUT2D eigenvalue weighted by atomic mass is 9.94. The van der Waals surface area contributed by atoms with Gasteiger partial charge in [0.25, 0.3) is 0 Å². The van der Waals surface area contributed by atoms with Gasteiger partial charge in [-0.25, -0.2) is 0 Å². The van der Waals surface area contributed by atoms with E-state index in [-0.39, 0.29) is 11.8 Å². The minimum absolute atomic E-state index is 0.0224. The van der Waals surface area contributed by atoms with E-state index < -0.39 is 0 Å². The van der Waals surface area contributed by atoms with Crippen molar-refractivity contribution in [2.75, 3.05) is 26.7 Å². The first-order valence-corrected chi connectivity index (χ1v) is 5.13. The first-order chi connectivity index (χ1) is 6.67. The van der Waals surface area contributed by atoms with E-state index in [2.05, 4.69) is 10.2 Å². The molecular formula is C10H18N2O2. The number of carbonyl (C=O) groups is 2. The van der Waals surface area contributed by atoms with Crippen molar-refractivity contribution in [1.82, 2.24) is 10.2 Å². The minimum atomic E-state index is 0.0224. The summed E-state index contributed by atoms with van der Waals surface area (Å²) in [4.78, 5) is 24.6. The number of Topliss-reactive ketones (excluding diaryl/α,β-unsaturated/α-hetero) is 1. The molecular weight excluding hydrogens is 180 g/mol. The van der Waals surface area contributed by atoms with E-state index in [4.69, 9.17) is 0 Å².